The minimum Gasteiger partial charge on any atom is -0.490 e. The first-order valence-electron chi connectivity index (χ1n) is 17.5. The van der Waals surface area contributed by atoms with Gasteiger partial charge in [-0.05, 0) is 89.6 Å². The molecule has 7 rings (SSSR count). The Hall–Kier alpha value is -4.25. The SMILES string of the molecule is C=Cc1cc(F)ccc1Oc1cncnc1N1CC2(CC(Oc3ccnc4c3CN(CCC3CCCN(C(=O)OC(C)(C)C)C3)CC4)C2)C1. The third-order valence-electron chi connectivity index (χ3n) is 10.2. The smallest absolute Gasteiger partial charge is 0.410 e. The first-order chi connectivity index (χ1) is 23.6. The third-order valence-corrected chi connectivity index (χ3v) is 10.2. The summed E-state index contributed by atoms with van der Waals surface area (Å²) in [5.41, 5.74) is 2.65. The van der Waals surface area contributed by atoms with E-state index in [-0.39, 0.29) is 23.4 Å². The molecule has 0 radical (unpaired) electrons. The van der Waals surface area contributed by atoms with Gasteiger partial charge in [0.1, 0.15) is 35.3 Å². The van der Waals surface area contributed by atoms with Crippen molar-refractivity contribution in [1.29, 1.82) is 0 Å². The summed E-state index contributed by atoms with van der Waals surface area (Å²) in [7, 11) is 0. The summed E-state index contributed by atoms with van der Waals surface area (Å²) in [5.74, 6) is 2.89. The number of fused-ring (bicyclic) bond motifs is 1. The summed E-state index contributed by atoms with van der Waals surface area (Å²) in [6.45, 7) is 15.6. The molecule has 10 nitrogen and oxygen atoms in total. The Morgan fingerprint density at radius 2 is 1.96 bits per heavy atom. The van der Waals surface area contributed by atoms with Crippen molar-refractivity contribution in [2.24, 2.45) is 11.3 Å². The monoisotopic (exact) mass is 670 g/mol. The molecule has 1 spiro atoms. The number of carbonyl (C=O) groups excluding carboxylic acids is 1. The lowest BCUT2D eigenvalue weighted by Crippen LogP contribution is -2.65. The van der Waals surface area contributed by atoms with Crippen LogP contribution in [0.3, 0.4) is 0 Å². The van der Waals surface area contributed by atoms with E-state index in [0.29, 0.717) is 23.0 Å². The molecule has 2 aromatic heterocycles. The molecule has 1 amide bonds. The summed E-state index contributed by atoms with van der Waals surface area (Å²) in [6, 6.07) is 6.40. The zero-order valence-corrected chi connectivity index (χ0v) is 28.9. The molecule has 3 aliphatic heterocycles. The Morgan fingerprint density at radius 3 is 2.76 bits per heavy atom. The second-order valence-corrected chi connectivity index (χ2v) is 15.2. The van der Waals surface area contributed by atoms with Gasteiger partial charge in [-0.25, -0.2) is 19.2 Å². The van der Waals surface area contributed by atoms with E-state index in [4.69, 9.17) is 19.2 Å². The maximum atomic E-state index is 13.7. The molecule has 1 aliphatic carbocycles. The van der Waals surface area contributed by atoms with E-state index in [2.05, 4.69) is 26.3 Å². The first-order valence-corrected chi connectivity index (χ1v) is 17.5. The predicted molar refractivity (Wildman–Crippen MR) is 185 cm³/mol. The highest BCUT2D eigenvalue weighted by atomic mass is 19.1. The van der Waals surface area contributed by atoms with E-state index >= 15 is 0 Å². The molecule has 1 atom stereocenters. The van der Waals surface area contributed by atoms with Gasteiger partial charge in [-0.1, -0.05) is 12.7 Å². The van der Waals surface area contributed by atoms with Crippen LogP contribution in [0.15, 0.2) is 49.6 Å². The standard InChI is InChI=1S/C38H47FN6O4/c1-5-27-17-28(39)8-9-32(27)48-34-20-40-25-42-35(34)45-23-38(24-45)18-29(19-38)47-33-10-13-41-31-12-16-43(22-30(31)33)15-11-26-7-6-14-44(21-26)36(46)49-37(2,3)4/h5,8-10,13,17,20,25-26,29H,1,6-7,11-12,14-16,18-19,21-24H2,2-4H3. The number of ether oxygens (including phenoxy) is 3. The number of hydrogen-bond acceptors (Lipinski definition) is 9. The molecule has 1 aromatic carbocycles. The van der Waals surface area contributed by atoms with Crippen LogP contribution in [0.25, 0.3) is 6.08 Å². The highest BCUT2D eigenvalue weighted by molar-refractivity contribution is 5.68. The molecule has 11 heteroatoms. The number of carbonyl (C=O) groups is 1. The van der Waals surface area contributed by atoms with Gasteiger partial charge in [-0.15, -0.1) is 0 Å². The minimum absolute atomic E-state index is 0.167. The second kappa shape index (κ2) is 13.6. The van der Waals surface area contributed by atoms with Gasteiger partial charge in [0.05, 0.1) is 6.20 Å². The summed E-state index contributed by atoms with van der Waals surface area (Å²) in [4.78, 5) is 32.7. The third kappa shape index (κ3) is 7.51. The Labute approximate surface area is 288 Å². The molecular formula is C38H47FN6O4. The number of halogens is 1. The lowest BCUT2D eigenvalue weighted by Gasteiger charge is -2.59. The molecule has 3 aromatic rings. The van der Waals surface area contributed by atoms with Gasteiger partial charge in [-0.3, -0.25) is 9.88 Å². The zero-order valence-electron chi connectivity index (χ0n) is 28.9. The molecule has 5 heterocycles. The van der Waals surface area contributed by atoms with Gasteiger partial charge in [0.15, 0.2) is 11.6 Å². The summed E-state index contributed by atoms with van der Waals surface area (Å²) < 4.78 is 32.2. The van der Waals surface area contributed by atoms with Crippen molar-refractivity contribution in [3.63, 3.8) is 0 Å². The topological polar surface area (TPSA) is 93.2 Å². The number of nitrogens with zero attached hydrogens (tertiary/aromatic N) is 6. The number of anilines is 1. The molecule has 0 bridgehead atoms. The van der Waals surface area contributed by atoms with Crippen LogP contribution in [0, 0.1) is 17.2 Å². The fraction of sp³-hybridized carbons (Fsp3) is 0.526. The summed E-state index contributed by atoms with van der Waals surface area (Å²) in [5, 5.41) is 0. The van der Waals surface area contributed by atoms with Crippen LogP contribution in [-0.4, -0.2) is 81.8 Å². The number of amides is 1. The van der Waals surface area contributed by atoms with Crippen molar-refractivity contribution in [2.45, 2.75) is 77.5 Å². The number of piperidine rings is 1. The van der Waals surface area contributed by atoms with Gasteiger partial charge in [0.25, 0.3) is 0 Å². The Morgan fingerprint density at radius 1 is 1.12 bits per heavy atom. The number of aromatic nitrogens is 3. The van der Waals surface area contributed by atoms with Crippen LogP contribution in [0.5, 0.6) is 17.2 Å². The van der Waals surface area contributed by atoms with Crippen molar-refractivity contribution in [3.8, 4) is 17.2 Å². The first kappa shape index (κ1) is 33.3. The lowest BCUT2D eigenvalue weighted by atomic mass is 9.61. The number of rotatable bonds is 9. The van der Waals surface area contributed by atoms with Crippen LogP contribution in [-0.2, 0) is 17.7 Å². The van der Waals surface area contributed by atoms with Crippen molar-refractivity contribution in [2.75, 3.05) is 44.2 Å². The van der Waals surface area contributed by atoms with Gasteiger partial charge in [0, 0.05) is 74.1 Å². The molecular weight excluding hydrogens is 623 g/mol. The number of pyridine rings is 1. The van der Waals surface area contributed by atoms with Crippen LogP contribution in [0.4, 0.5) is 15.0 Å². The maximum absolute atomic E-state index is 13.7. The fourth-order valence-electron chi connectivity index (χ4n) is 7.78. The molecule has 2 saturated heterocycles. The molecule has 49 heavy (non-hydrogen) atoms. The highest BCUT2D eigenvalue weighted by Crippen LogP contribution is 2.52. The van der Waals surface area contributed by atoms with Crippen LogP contribution in [0.1, 0.15) is 69.7 Å². The summed E-state index contributed by atoms with van der Waals surface area (Å²) in [6.07, 6.45) is 12.7. The van der Waals surface area contributed by atoms with Crippen LogP contribution in [0.2, 0.25) is 0 Å². The number of benzene rings is 1. The van der Waals surface area contributed by atoms with Gasteiger partial charge >= 0.3 is 6.09 Å². The van der Waals surface area contributed by atoms with E-state index in [0.717, 1.165) is 102 Å². The largest absolute Gasteiger partial charge is 0.490 e. The van der Waals surface area contributed by atoms with Gasteiger partial charge in [-0.2, -0.15) is 0 Å². The molecule has 1 saturated carbocycles. The average molecular weight is 671 g/mol. The van der Waals surface area contributed by atoms with Crippen molar-refractivity contribution >= 4 is 18.0 Å². The van der Waals surface area contributed by atoms with Crippen molar-refractivity contribution in [1.82, 2.24) is 24.8 Å². The normalized spacial score (nSPS) is 20.6. The number of hydrogen-bond donors (Lipinski definition) is 0. The molecule has 0 N–H and O–H groups in total. The minimum atomic E-state index is -0.474. The molecule has 4 aliphatic rings. The van der Waals surface area contributed by atoms with E-state index in [1.54, 1.807) is 18.3 Å². The van der Waals surface area contributed by atoms with E-state index in [1.165, 1.54) is 24.0 Å². The van der Waals surface area contributed by atoms with Gasteiger partial charge in [0.2, 0.25) is 0 Å². The second-order valence-electron chi connectivity index (χ2n) is 15.2. The van der Waals surface area contributed by atoms with Crippen molar-refractivity contribution in [3.05, 3.63) is 72.2 Å². The maximum Gasteiger partial charge on any atom is 0.410 e. The lowest BCUT2D eigenvalue weighted by molar-refractivity contribution is -0.0353. The van der Waals surface area contributed by atoms with E-state index in [1.807, 2.05) is 37.9 Å². The highest BCUT2D eigenvalue weighted by Gasteiger charge is 2.54. The Balaban J connectivity index is 0.909. The van der Waals surface area contributed by atoms with Crippen molar-refractivity contribution < 1.29 is 23.4 Å². The predicted octanol–water partition coefficient (Wildman–Crippen LogP) is 6.89. The van der Waals surface area contributed by atoms with E-state index in [9.17, 15) is 9.18 Å². The Kier molecular flexibility index (Phi) is 9.21. The molecule has 260 valence electrons. The van der Waals surface area contributed by atoms with Crippen LogP contribution < -0.4 is 14.4 Å². The van der Waals surface area contributed by atoms with Gasteiger partial charge < -0.3 is 24.0 Å². The molecule has 1 unspecified atom stereocenters. The number of likely N-dealkylation sites (tertiary alicyclic amines) is 1. The average Bonchev–Trinajstić information content (AvgIpc) is 3.05. The molecule has 3 fully saturated rings. The van der Waals surface area contributed by atoms with Crippen LogP contribution >= 0.6 is 0 Å². The van der Waals surface area contributed by atoms with E-state index < -0.39 is 5.60 Å². The zero-order chi connectivity index (χ0) is 34.2. The summed E-state index contributed by atoms with van der Waals surface area (Å²) >= 11 is 0. The fourth-order valence-corrected chi connectivity index (χ4v) is 7.78. The Bertz CT molecular complexity index is 1680. The quantitative estimate of drug-likeness (QED) is 0.241.